The minimum atomic E-state index is -3.22. The molecule has 0 aromatic carbocycles. The Morgan fingerprint density at radius 1 is 1.61 bits per heavy atom. The topological polar surface area (TPSA) is 88.9 Å². The highest BCUT2D eigenvalue weighted by Gasteiger charge is 2.26. The zero-order valence-electron chi connectivity index (χ0n) is 10.5. The number of aromatic nitrogens is 3. The molecule has 0 aliphatic carbocycles. The van der Waals surface area contributed by atoms with E-state index in [1.165, 1.54) is 0 Å². The van der Waals surface area contributed by atoms with E-state index in [9.17, 15) is 8.42 Å². The number of nitrogens with zero attached hydrogens (tertiary/aromatic N) is 3. The van der Waals surface area contributed by atoms with Crippen LogP contribution in [0.25, 0.3) is 0 Å². The van der Waals surface area contributed by atoms with Crippen LogP contribution in [-0.4, -0.2) is 48.1 Å². The van der Waals surface area contributed by atoms with Crippen LogP contribution in [0, 0.1) is 0 Å². The Kier molecular flexibility index (Phi) is 4.31. The second-order valence-corrected chi connectivity index (χ2v) is 6.56. The molecule has 1 aliphatic heterocycles. The van der Waals surface area contributed by atoms with Crippen LogP contribution in [-0.2, 0) is 23.5 Å². The third-order valence-corrected chi connectivity index (χ3v) is 5.03. The fourth-order valence-electron chi connectivity index (χ4n) is 2.04. The number of aryl methyl sites for hydroxylation is 1. The van der Waals surface area contributed by atoms with Crippen molar-refractivity contribution in [1.29, 1.82) is 0 Å². The highest BCUT2D eigenvalue weighted by molar-refractivity contribution is 7.90. The Morgan fingerprint density at radius 2 is 2.44 bits per heavy atom. The average Bonchev–Trinajstić information content (AvgIpc) is 2.76. The first-order valence-corrected chi connectivity index (χ1v) is 7.66. The normalized spacial score (nSPS) is 21.1. The standard InChI is InChI=1S/C10H19N5O2S/c1-15-8-12-14-10(15)4-6-13-18(16,17)9-3-2-5-11-7-9/h8-9,11,13H,2-7H2,1H3. The molecule has 0 amide bonds. The monoisotopic (exact) mass is 273 g/mol. The highest BCUT2D eigenvalue weighted by Crippen LogP contribution is 2.10. The van der Waals surface area contributed by atoms with Gasteiger partial charge in [0.1, 0.15) is 12.2 Å². The second kappa shape index (κ2) is 5.77. The maximum absolute atomic E-state index is 12.0. The van der Waals surface area contributed by atoms with E-state index in [0.29, 0.717) is 19.5 Å². The number of hydrogen-bond acceptors (Lipinski definition) is 5. The molecule has 0 spiro atoms. The summed E-state index contributed by atoms with van der Waals surface area (Å²) >= 11 is 0. The van der Waals surface area contributed by atoms with Gasteiger partial charge in [0.25, 0.3) is 0 Å². The highest BCUT2D eigenvalue weighted by atomic mass is 32.2. The van der Waals surface area contributed by atoms with Gasteiger partial charge in [0.15, 0.2) is 0 Å². The number of rotatable bonds is 5. The van der Waals surface area contributed by atoms with E-state index in [1.54, 1.807) is 10.9 Å². The van der Waals surface area contributed by atoms with Gasteiger partial charge in [-0.15, -0.1) is 10.2 Å². The molecule has 1 aromatic heterocycles. The molecule has 1 aliphatic rings. The van der Waals surface area contributed by atoms with Gasteiger partial charge in [0.05, 0.1) is 5.25 Å². The maximum atomic E-state index is 12.0. The molecule has 0 saturated carbocycles. The number of sulfonamides is 1. The van der Waals surface area contributed by atoms with Gasteiger partial charge in [-0.05, 0) is 19.4 Å². The Morgan fingerprint density at radius 3 is 3.06 bits per heavy atom. The Balaban J connectivity index is 1.83. The molecule has 18 heavy (non-hydrogen) atoms. The van der Waals surface area contributed by atoms with Gasteiger partial charge in [-0.2, -0.15) is 0 Å². The van der Waals surface area contributed by atoms with Gasteiger partial charge in [0.2, 0.25) is 10.0 Å². The predicted molar refractivity (Wildman–Crippen MR) is 67.5 cm³/mol. The Labute approximate surface area is 107 Å². The summed E-state index contributed by atoms with van der Waals surface area (Å²) in [7, 11) is -1.38. The largest absolute Gasteiger partial charge is 0.321 e. The molecule has 8 heteroatoms. The van der Waals surface area contributed by atoms with E-state index in [4.69, 9.17) is 0 Å². The summed E-state index contributed by atoms with van der Waals surface area (Å²) in [5, 5.41) is 10.5. The van der Waals surface area contributed by atoms with Crippen molar-refractivity contribution in [1.82, 2.24) is 24.8 Å². The average molecular weight is 273 g/mol. The Hall–Kier alpha value is -0.990. The lowest BCUT2D eigenvalue weighted by Gasteiger charge is -2.22. The summed E-state index contributed by atoms with van der Waals surface area (Å²) in [5.74, 6) is 0.777. The molecule has 1 fully saturated rings. The van der Waals surface area contributed by atoms with Crippen LogP contribution in [0.3, 0.4) is 0 Å². The molecule has 2 heterocycles. The third kappa shape index (κ3) is 3.27. The van der Waals surface area contributed by atoms with Crippen LogP contribution in [0.4, 0.5) is 0 Å². The van der Waals surface area contributed by atoms with Gasteiger partial charge < -0.3 is 9.88 Å². The van der Waals surface area contributed by atoms with Gasteiger partial charge in [-0.1, -0.05) is 0 Å². The lowest BCUT2D eigenvalue weighted by molar-refractivity contribution is 0.490. The molecule has 1 saturated heterocycles. The minimum Gasteiger partial charge on any atom is -0.321 e. The third-order valence-electron chi connectivity index (χ3n) is 3.15. The predicted octanol–water partition coefficient (Wildman–Crippen LogP) is -0.971. The van der Waals surface area contributed by atoms with Crippen molar-refractivity contribution in [2.75, 3.05) is 19.6 Å². The number of piperidine rings is 1. The van der Waals surface area contributed by atoms with Gasteiger partial charge in [-0.3, -0.25) is 0 Å². The van der Waals surface area contributed by atoms with Crippen molar-refractivity contribution in [2.24, 2.45) is 7.05 Å². The fourth-order valence-corrected chi connectivity index (χ4v) is 3.48. The first-order valence-electron chi connectivity index (χ1n) is 6.11. The van der Waals surface area contributed by atoms with E-state index in [1.807, 2.05) is 7.05 Å². The van der Waals surface area contributed by atoms with Crippen LogP contribution in [0.1, 0.15) is 18.7 Å². The van der Waals surface area contributed by atoms with Crippen molar-refractivity contribution in [2.45, 2.75) is 24.5 Å². The van der Waals surface area contributed by atoms with Crippen molar-refractivity contribution in [3.8, 4) is 0 Å². The molecule has 2 rings (SSSR count). The molecular weight excluding hydrogens is 254 g/mol. The van der Waals surface area contributed by atoms with Crippen LogP contribution in [0.5, 0.6) is 0 Å². The second-order valence-electron chi connectivity index (χ2n) is 4.52. The first kappa shape index (κ1) is 13.4. The molecule has 7 nitrogen and oxygen atoms in total. The zero-order valence-corrected chi connectivity index (χ0v) is 11.3. The van der Waals surface area contributed by atoms with Crippen molar-refractivity contribution in [3.05, 3.63) is 12.2 Å². The molecule has 0 bridgehead atoms. The van der Waals surface area contributed by atoms with Gasteiger partial charge in [-0.25, -0.2) is 13.1 Å². The van der Waals surface area contributed by atoms with E-state index >= 15 is 0 Å². The quantitative estimate of drug-likeness (QED) is 0.720. The minimum absolute atomic E-state index is 0.314. The summed E-state index contributed by atoms with van der Waals surface area (Å²) in [5.41, 5.74) is 0. The first-order chi connectivity index (χ1) is 8.59. The maximum Gasteiger partial charge on any atom is 0.215 e. The molecule has 1 atom stereocenters. The van der Waals surface area contributed by atoms with Crippen LogP contribution < -0.4 is 10.0 Å². The van der Waals surface area contributed by atoms with Crippen LogP contribution >= 0.6 is 0 Å². The Bertz CT molecular complexity index is 478. The van der Waals surface area contributed by atoms with Gasteiger partial charge in [0, 0.05) is 26.6 Å². The summed E-state index contributed by atoms with van der Waals surface area (Å²) in [4.78, 5) is 0. The molecular formula is C10H19N5O2S. The SMILES string of the molecule is Cn1cnnc1CCNS(=O)(=O)C1CCCNC1. The summed E-state index contributed by atoms with van der Waals surface area (Å²) < 4.78 is 28.4. The number of hydrogen-bond donors (Lipinski definition) is 2. The summed E-state index contributed by atoms with van der Waals surface area (Å²) in [6.07, 6.45) is 3.80. The smallest absolute Gasteiger partial charge is 0.215 e. The van der Waals surface area contributed by atoms with E-state index < -0.39 is 10.0 Å². The van der Waals surface area contributed by atoms with E-state index in [-0.39, 0.29) is 5.25 Å². The zero-order chi connectivity index (χ0) is 13.0. The summed E-state index contributed by atoms with van der Waals surface area (Å²) in [6, 6.07) is 0. The fraction of sp³-hybridized carbons (Fsp3) is 0.800. The summed E-state index contributed by atoms with van der Waals surface area (Å²) in [6.45, 7) is 1.82. The van der Waals surface area contributed by atoms with Crippen molar-refractivity contribution < 1.29 is 8.42 Å². The molecule has 1 aromatic rings. The van der Waals surface area contributed by atoms with Crippen molar-refractivity contribution in [3.63, 3.8) is 0 Å². The molecule has 102 valence electrons. The molecule has 1 unspecified atom stereocenters. The lowest BCUT2D eigenvalue weighted by Crippen LogP contribution is -2.44. The van der Waals surface area contributed by atoms with Crippen molar-refractivity contribution >= 4 is 10.0 Å². The van der Waals surface area contributed by atoms with E-state index in [2.05, 4.69) is 20.2 Å². The molecule has 2 N–H and O–H groups in total. The molecule has 0 radical (unpaired) electrons. The van der Waals surface area contributed by atoms with Gasteiger partial charge >= 0.3 is 0 Å². The van der Waals surface area contributed by atoms with Crippen LogP contribution in [0.15, 0.2) is 6.33 Å². The van der Waals surface area contributed by atoms with E-state index in [0.717, 1.165) is 25.2 Å². The van der Waals surface area contributed by atoms with Crippen LogP contribution in [0.2, 0.25) is 0 Å². The number of nitrogens with one attached hydrogen (secondary N) is 2. The lowest BCUT2D eigenvalue weighted by atomic mass is 10.2.